The van der Waals surface area contributed by atoms with E-state index in [-0.39, 0.29) is 28.0 Å². The summed E-state index contributed by atoms with van der Waals surface area (Å²) in [5.74, 6) is -1.14. The Labute approximate surface area is 141 Å². The van der Waals surface area contributed by atoms with Gasteiger partial charge in [0.25, 0.3) is 0 Å². The van der Waals surface area contributed by atoms with Crippen LogP contribution in [-0.4, -0.2) is 11.1 Å². The molecular weight excluding hydrogens is 358 g/mol. The topological polar surface area (TPSA) is 46.5 Å². The Morgan fingerprint density at radius 3 is 2.29 bits per heavy atom. The van der Waals surface area contributed by atoms with Crippen LogP contribution in [0.3, 0.4) is 0 Å². The molecule has 0 saturated carbocycles. The lowest BCUT2D eigenvalue weighted by atomic mass is 10.2. The fourth-order valence-corrected chi connectivity index (χ4v) is 2.67. The van der Waals surface area contributed by atoms with Gasteiger partial charge in [0.15, 0.2) is 5.75 Å². The first-order valence-electron chi connectivity index (χ1n) is 5.67. The zero-order chi connectivity index (χ0) is 15.6. The van der Waals surface area contributed by atoms with E-state index in [1.807, 2.05) is 0 Å². The zero-order valence-corrected chi connectivity index (χ0v) is 13.4. The standard InChI is InChI=1S/C14H8Cl4O3/c15-8-2-1-7(11(17)4-8)6-21-13-10(14(19)20)3-9(16)5-12(13)18/h1-5H,6H2,(H,19,20). The van der Waals surface area contributed by atoms with Crippen molar-refractivity contribution in [1.82, 2.24) is 0 Å². The maximum Gasteiger partial charge on any atom is 0.339 e. The van der Waals surface area contributed by atoms with E-state index in [2.05, 4.69) is 0 Å². The molecule has 0 unspecified atom stereocenters. The van der Waals surface area contributed by atoms with Crippen molar-refractivity contribution in [3.8, 4) is 5.75 Å². The van der Waals surface area contributed by atoms with E-state index in [1.54, 1.807) is 18.2 Å². The molecule has 2 aromatic carbocycles. The molecule has 3 nitrogen and oxygen atoms in total. The summed E-state index contributed by atoms with van der Waals surface area (Å²) in [6.07, 6.45) is 0. The quantitative estimate of drug-likeness (QED) is 0.769. The molecule has 0 radical (unpaired) electrons. The molecule has 110 valence electrons. The summed E-state index contributed by atoms with van der Waals surface area (Å²) in [5, 5.41) is 10.4. The number of hydrogen-bond acceptors (Lipinski definition) is 2. The molecule has 0 aliphatic carbocycles. The molecule has 0 fully saturated rings. The third-order valence-corrected chi connectivity index (χ3v) is 3.71. The van der Waals surface area contributed by atoms with Gasteiger partial charge in [0.2, 0.25) is 0 Å². The molecule has 0 spiro atoms. The molecule has 0 bridgehead atoms. The summed E-state index contributed by atoms with van der Waals surface area (Å²) in [6, 6.07) is 7.61. The van der Waals surface area contributed by atoms with Gasteiger partial charge in [-0.15, -0.1) is 0 Å². The molecular formula is C14H8Cl4O3. The van der Waals surface area contributed by atoms with Crippen LogP contribution in [0.25, 0.3) is 0 Å². The van der Waals surface area contributed by atoms with Gasteiger partial charge in [-0.2, -0.15) is 0 Å². The summed E-state index contributed by atoms with van der Waals surface area (Å²) in [4.78, 5) is 11.2. The van der Waals surface area contributed by atoms with Gasteiger partial charge >= 0.3 is 5.97 Å². The van der Waals surface area contributed by atoms with Crippen LogP contribution in [0.1, 0.15) is 15.9 Å². The van der Waals surface area contributed by atoms with Crippen molar-refractivity contribution < 1.29 is 14.6 Å². The number of halogens is 4. The van der Waals surface area contributed by atoms with Crippen molar-refractivity contribution in [2.75, 3.05) is 0 Å². The second-order valence-corrected chi connectivity index (χ2v) is 5.78. The molecule has 2 rings (SSSR count). The Kier molecular flexibility index (Phi) is 5.22. The Hall–Kier alpha value is -1.13. The van der Waals surface area contributed by atoms with Gasteiger partial charge in [-0.3, -0.25) is 0 Å². The molecule has 0 amide bonds. The molecule has 7 heteroatoms. The average molecular weight is 366 g/mol. The molecule has 0 aromatic heterocycles. The fourth-order valence-electron chi connectivity index (χ4n) is 1.65. The summed E-state index contributed by atoms with van der Waals surface area (Å²) in [5.41, 5.74) is 0.543. The monoisotopic (exact) mass is 364 g/mol. The van der Waals surface area contributed by atoms with Gasteiger partial charge in [-0.25, -0.2) is 4.79 Å². The second kappa shape index (κ2) is 6.75. The van der Waals surface area contributed by atoms with Crippen LogP contribution in [-0.2, 0) is 6.61 Å². The largest absolute Gasteiger partial charge is 0.486 e. The lowest BCUT2D eigenvalue weighted by Gasteiger charge is -2.12. The van der Waals surface area contributed by atoms with Crippen LogP contribution < -0.4 is 4.74 Å². The number of benzene rings is 2. The Morgan fingerprint density at radius 1 is 1.00 bits per heavy atom. The highest BCUT2D eigenvalue weighted by Crippen LogP contribution is 2.33. The number of carboxylic acid groups (broad SMARTS) is 1. The van der Waals surface area contributed by atoms with E-state index in [1.165, 1.54) is 12.1 Å². The molecule has 2 aromatic rings. The van der Waals surface area contributed by atoms with Crippen LogP contribution in [0.15, 0.2) is 30.3 Å². The van der Waals surface area contributed by atoms with Crippen molar-refractivity contribution in [3.05, 3.63) is 61.5 Å². The summed E-state index contributed by atoms with van der Waals surface area (Å²) in [6.45, 7) is 0.0532. The summed E-state index contributed by atoms with van der Waals surface area (Å²) < 4.78 is 5.49. The number of carbonyl (C=O) groups is 1. The maximum absolute atomic E-state index is 11.2. The third-order valence-electron chi connectivity index (χ3n) is 2.63. The Balaban J connectivity index is 2.29. The van der Waals surface area contributed by atoms with E-state index >= 15 is 0 Å². The highest BCUT2D eigenvalue weighted by Gasteiger charge is 2.17. The smallest absolute Gasteiger partial charge is 0.339 e. The third kappa shape index (κ3) is 3.95. The van der Waals surface area contributed by atoms with Crippen LogP contribution in [0.4, 0.5) is 0 Å². The van der Waals surface area contributed by atoms with Crippen molar-refractivity contribution in [3.63, 3.8) is 0 Å². The first-order chi connectivity index (χ1) is 9.88. The average Bonchev–Trinajstić information content (AvgIpc) is 2.38. The predicted molar refractivity (Wildman–Crippen MR) is 84.2 cm³/mol. The fraction of sp³-hybridized carbons (Fsp3) is 0.0714. The number of hydrogen-bond donors (Lipinski definition) is 1. The van der Waals surface area contributed by atoms with Crippen LogP contribution >= 0.6 is 46.4 Å². The molecule has 21 heavy (non-hydrogen) atoms. The normalized spacial score (nSPS) is 10.5. The molecule has 1 N–H and O–H groups in total. The van der Waals surface area contributed by atoms with Gasteiger partial charge < -0.3 is 9.84 Å². The summed E-state index contributed by atoms with van der Waals surface area (Å²) >= 11 is 23.6. The van der Waals surface area contributed by atoms with Gasteiger partial charge in [-0.1, -0.05) is 52.5 Å². The maximum atomic E-state index is 11.2. The number of ether oxygens (including phenoxy) is 1. The van der Waals surface area contributed by atoms with E-state index in [0.29, 0.717) is 15.6 Å². The minimum Gasteiger partial charge on any atom is -0.486 e. The number of aromatic carboxylic acids is 1. The van der Waals surface area contributed by atoms with E-state index in [9.17, 15) is 4.79 Å². The van der Waals surface area contributed by atoms with Gasteiger partial charge in [0.05, 0.1) is 5.02 Å². The van der Waals surface area contributed by atoms with Gasteiger partial charge in [0, 0.05) is 20.6 Å². The minimum absolute atomic E-state index is 0.0413. The lowest BCUT2D eigenvalue weighted by molar-refractivity contribution is 0.0692. The van der Waals surface area contributed by atoms with Crippen molar-refractivity contribution in [1.29, 1.82) is 0 Å². The van der Waals surface area contributed by atoms with Crippen LogP contribution in [0.5, 0.6) is 5.75 Å². The van der Waals surface area contributed by atoms with Gasteiger partial charge in [0.1, 0.15) is 12.2 Å². The van der Waals surface area contributed by atoms with Crippen molar-refractivity contribution in [2.45, 2.75) is 6.61 Å². The van der Waals surface area contributed by atoms with Crippen molar-refractivity contribution in [2.24, 2.45) is 0 Å². The van der Waals surface area contributed by atoms with E-state index < -0.39 is 5.97 Å². The molecule has 0 saturated heterocycles. The lowest BCUT2D eigenvalue weighted by Crippen LogP contribution is -2.04. The van der Waals surface area contributed by atoms with Crippen LogP contribution in [0, 0.1) is 0 Å². The first kappa shape index (κ1) is 16.2. The second-order valence-electron chi connectivity index (χ2n) is 4.09. The van der Waals surface area contributed by atoms with Crippen molar-refractivity contribution >= 4 is 52.4 Å². The highest BCUT2D eigenvalue weighted by molar-refractivity contribution is 6.36. The molecule has 0 aliphatic rings. The number of rotatable bonds is 4. The van der Waals surface area contributed by atoms with E-state index in [4.69, 9.17) is 56.2 Å². The Morgan fingerprint density at radius 2 is 1.67 bits per heavy atom. The first-order valence-corrected chi connectivity index (χ1v) is 7.18. The van der Waals surface area contributed by atoms with E-state index in [0.717, 1.165) is 0 Å². The molecule has 0 heterocycles. The SMILES string of the molecule is O=C(O)c1cc(Cl)cc(Cl)c1OCc1ccc(Cl)cc1Cl. The highest BCUT2D eigenvalue weighted by atomic mass is 35.5. The van der Waals surface area contributed by atoms with Crippen LogP contribution in [0.2, 0.25) is 20.1 Å². The molecule has 0 aliphatic heterocycles. The summed E-state index contributed by atoms with van der Waals surface area (Å²) in [7, 11) is 0. The Bertz CT molecular complexity index is 701. The predicted octanol–water partition coefficient (Wildman–Crippen LogP) is 5.58. The minimum atomic E-state index is -1.18. The number of carboxylic acids is 1. The molecule has 0 atom stereocenters. The zero-order valence-electron chi connectivity index (χ0n) is 10.4. The van der Waals surface area contributed by atoms with Gasteiger partial charge in [-0.05, 0) is 24.3 Å².